The molecule has 2 saturated carbocycles. The van der Waals surface area contributed by atoms with Gasteiger partial charge in [-0.15, -0.1) is 0 Å². The van der Waals surface area contributed by atoms with Gasteiger partial charge in [-0.3, -0.25) is 4.79 Å². The van der Waals surface area contributed by atoms with Gasteiger partial charge < -0.3 is 11.1 Å². The zero-order valence-electron chi connectivity index (χ0n) is 8.18. The summed E-state index contributed by atoms with van der Waals surface area (Å²) in [6, 6.07) is 0. The first-order chi connectivity index (χ1) is 6.19. The molecule has 2 aliphatic rings. The third-order valence-electron chi connectivity index (χ3n) is 3.78. The number of nitrogens with one attached hydrogen (secondary N) is 1. The predicted octanol–water partition coefficient (Wildman–Crippen LogP) is 0.640. The summed E-state index contributed by atoms with van der Waals surface area (Å²) in [7, 11) is 0. The number of fused-ring (bicyclic) bond motifs is 2. The molecule has 0 aromatic heterocycles. The molecule has 0 radical (unpaired) electrons. The Bertz CT molecular complexity index is 229. The first kappa shape index (κ1) is 9.00. The number of primary amides is 1. The highest BCUT2D eigenvalue weighted by Gasteiger charge is 2.54. The lowest BCUT2D eigenvalue weighted by Crippen LogP contribution is -2.58. The van der Waals surface area contributed by atoms with Gasteiger partial charge in [-0.05, 0) is 37.6 Å². The van der Waals surface area contributed by atoms with E-state index in [2.05, 4.69) is 5.32 Å². The normalized spacial score (nSPS) is 42.5. The molecule has 2 bridgehead atoms. The molecule has 0 aromatic carbocycles. The van der Waals surface area contributed by atoms with Crippen LogP contribution in [0.25, 0.3) is 0 Å². The van der Waals surface area contributed by atoms with Crippen LogP contribution in [0.15, 0.2) is 0 Å². The molecule has 2 aliphatic carbocycles. The van der Waals surface area contributed by atoms with Gasteiger partial charge in [0.25, 0.3) is 0 Å². The molecule has 3 heteroatoms. The van der Waals surface area contributed by atoms with Crippen LogP contribution in [-0.2, 0) is 4.79 Å². The molecular formula is C10H18N2O. The summed E-state index contributed by atoms with van der Waals surface area (Å²) in [5.41, 5.74) is 5.15. The first-order valence-corrected chi connectivity index (χ1v) is 5.24. The number of likely N-dealkylation sites (N-methyl/N-ethyl adjacent to an activating group) is 1. The Balaban J connectivity index is 2.20. The van der Waals surface area contributed by atoms with E-state index in [0.717, 1.165) is 18.9 Å². The molecular weight excluding hydrogens is 164 g/mol. The molecule has 0 spiro atoms. The second-order valence-electron chi connectivity index (χ2n) is 4.45. The summed E-state index contributed by atoms with van der Waals surface area (Å²) in [4.78, 5) is 11.5. The minimum Gasteiger partial charge on any atom is -0.368 e. The van der Waals surface area contributed by atoms with Gasteiger partial charge in [-0.1, -0.05) is 13.3 Å². The van der Waals surface area contributed by atoms with E-state index in [0.29, 0.717) is 5.92 Å². The number of hydrogen-bond acceptors (Lipinski definition) is 2. The number of carbonyl (C=O) groups is 1. The van der Waals surface area contributed by atoms with E-state index in [1.165, 1.54) is 19.3 Å². The van der Waals surface area contributed by atoms with Crippen LogP contribution in [0.1, 0.15) is 32.6 Å². The Morgan fingerprint density at radius 2 is 2.38 bits per heavy atom. The molecule has 0 saturated heterocycles. The molecule has 0 aromatic rings. The topological polar surface area (TPSA) is 55.1 Å². The van der Waals surface area contributed by atoms with Gasteiger partial charge in [0.2, 0.25) is 5.91 Å². The fourth-order valence-corrected chi connectivity index (χ4v) is 3.25. The summed E-state index contributed by atoms with van der Waals surface area (Å²) >= 11 is 0. The predicted molar refractivity (Wildman–Crippen MR) is 51.1 cm³/mol. The maximum absolute atomic E-state index is 11.5. The van der Waals surface area contributed by atoms with E-state index < -0.39 is 0 Å². The average molecular weight is 182 g/mol. The summed E-state index contributed by atoms with van der Waals surface area (Å²) in [5.74, 6) is 1.12. The lowest BCUT2D eigenvalue weighted by Gasteiger charge is -2.35. The second-order valence-corrected chi connectivity index (χ2v) is 4.45. The van der Waals surface area contributed by atoms with Crippen LogP contribution in [0.2, 0.25) is 0 Å². The zero-order valence-corrected chi connectivity index (χ0v) is 8.18. The molecule has 1 amide bonds. The van der Waals surface area contributed by atoms with Crippen LogP contribution in [0, 0.1) is 11.8 Å². The van der Waals surface area contributed by atoms with E-state index in [1.807, 2.05) is 6.92 Å². The number of amides is 1. The number of carbonyl (C=O) groups excluding carboxylic acids is 1. The summed E-state index contributed by atoms with van der Waals surface area (Å²) in [5, 5.41) is 3.31. The maximum Gasteiger partial charge on any atom is 0.238 e. The van der Waals surface area contributed by atoms with Crippen LogP contribution >= 0.6 is 0 Å². The Morgan fingerprint density at radius 1 is 1.62 bits per heavy atom. The van der Waals surface area contributed by atoms with Crippen LogP contribution in [0.5, 0.6) is 0 Å². The lowest BCUT2D eigenvalue weighted by atomic mass is 9.80. The van der Waals surface area contributed by atoms with Crippen molar-refractivity contribution in [3.05, 3.63) is 0 Å². The maximum atomic E-state index is 11.5. The number of hydrogen-bond donors (Lipinski definition) is 2. The molecule has 74 valence electrons. The van der Waals surface area contributed by atoms with Crippen molar-refractivity contribution in [1.29, 1.82) is 0 Å². The monoisotopic (exact) mass is 182 g/mol. The lowest BCUT2D eigenvalue weighted by molar-refractivity contribution is -0.126. The molecule has 0 heterocycles. The van der Waals surface area contributed by atoms with E-state index in [4.69, 9.17) is 5.73 Å². The molecule has 13 heavy (non-hydrogen) atoms. The van der Waals surface area contributed by atoms with Crippen molar-refractivity contribution in [3.63, 3.8) is 0 Å². The Labute approximate surface area is 79.1 Å². The molecule has 2 rings (SSSR count). The Morgan fingerprint density at radius 3 is 2.77 bits per heavy atom. The van der Waals surface area contributed by atoms with Gasteiger partial charge >= 0.3 is 0 Å². The average Bonchev–Trinajstić information content (AvgIpc) is 2.64. The van der Waals surface area contributed by atoms with Gasteiger partial charge in [-0.2, -0.15) is 0 Å². The van der Waals surface area contributed by atoms with E-state index in [-0.39, 0.29) is 11.4 Å². The summed E-state index contributed by atoms with van der Waals surface area (Å²) in [6.45, 7) is 2.88. The minimum atomic E-state index is -0.350. The van der Waals surface area contributed by atoms with E-state index >= 15 is 0 Å². The highest BCUT2D eigenvalue weighted by Crippen LogP contribution is 2.50. The SMILES string of the molecule is CCNC1(C(N)=O)CC2CCC1C2. The third kappa shape index (κ3) is 1.17. The molecule has 3 N–H and O–H groups in total. The van der Waals surface area contributed by atoms with Crippen molar-refractivity contribution in [1.82, 2.24) is 5.32 Å². The number of nitrogens with two attached hydrogens (primary N) is 1. The number of rotatable bonds is 3. The van der Waals surface area contributed by atoms with Gasteiger partial charge in [-0.25, -0.2) is 0 Å². The fourth-order valence-electron chi connectivity index (χ4n) is 3.25. The first-order valence-electron chi connectivity index (χ1n) is 5.24. The largest absolute Gasteiger partial charge is 0.368 e. The van der Waals surface area contributed by atoms with Gasteiger partial charge in [0.1, 0.15) is 5.54 Å². The Hall–Kier alpha value is -0.570. The summed E-state index contributed by atoms with van der Waals surface area (Å²) < 4.78 is 0. The highest BCUT2D eigenvalue weighted by molar-refractivity contribution is 5.85. The van der Waals surface area contributed by atoms with Crippen molar-refractivity contribution < 1.29 is 4.79 Å². The van der Waals surface area contributed by atoms with Crippen molar-refractivity contribution in [2.75, 3.05) is 6.54 Å². The molecule has 3 atom stereocenters. The molecule has 3 unspecified atom stereocenters. The molecule has 2 fully saturated rings. The van der Waals surface area contributed by atoms with Crippen molar-refractivity contribution in [3.8, 4) is 0 Å². The van der Waals surface area contributed by atoms with Crippen LogP contribution in [0.4, 0.5) is 0 Å². The van der Waals surface area contributed by atoms with Crippen LogP contribution < -0.4 is 11.1 Å². The minimum absolute atomic E-state index is 0.137. The van der Waals surface area contributed by atoms with Crippen molar-refractivity contribution >= 4 is 5.91 Å². The molecule has 0 aliphatic heterocycles. The summed E-state index contributed by atoms with van der Waals surface area (Å²) in [6.07, 6.45) is 4.66. The van der Waals surface area contributed by atoms with E-state index in [9.17, 15) is 4.79 Å². The Kier molecular flexibility index (Phi) is 2.06. The second kappa shape index (κ2) is 2.98. The van der Waals surface area contributed by atoms with E-state index in [1.54, 1.807) is 0 Å². The van der Waals surface area contributed by atoms with Gasteiger partial charge in [0, 0.05) is 0 Å². The third-order valence-corrected chi connectivity index (χ3v) is 3.78. The van der Waals surface area contributed by atoms with Crippen molar-refractivity contribution in [2.45, 2.75) is 38.1 Å². The van der Waals surface area contributed by atoms with Gasteiger partial charge in [0.05, 0.1) is 0 Å². The zero-order chi connectivity index (χ0) is 9.47. The quantitative estimate of drug-likeness (QED) is 0.673. The fraction of sp³-hybridized carbons (Fsp3) is 0.900. The van der Waals surface area contributed by atoms with Gasteiger partial charge in [0.15, 0.2) is 0 Å². The van der Waals surface area contributed by atoms with Crippen molar-refractivity contribution in [2.24, 2.45) is 17.6 Å². The standard InChI is InChI=1S/C10H18N2O/c1-2-12-10(9(11)13)6-7-3-4-8(10)5-7/h7-8,12H,2-6H2,1H3,(H2,11,13). The van der Waals surface area contributed by atoms with Crippen LogP contribution in [0.3, 0.4) is 0 Å². The smallest absolute Gasteiger partial charge is 0.238 e. The molecule has 3 nitrogen and oxygen atoms in total. The van der Waals surface area contributed by atoms with Crippen LogP contribution in [-0.4, -0.2) is 18.0 Å². The highest BCUT2D eigenvalue weighted by atomic mass is 16.1.